The zero-order valence-corrected chi connectivity index (χ0v) is 18.7. The van der Waals surface area contributed by atoms with Crippen LogP contribution in [0.15, 0.2) is 89.2 Å². The number of carbonyl (C=O) groups is 2. The number of furan rings is 1. The van der Waals surface area contributed by atoms with Gasteiger partial charge in [0, 0.05) is 11.1 Å². The van der Waals surface area contributed by atoms with Crippen molar-refractivity contribution in [3.05, 3.63) is 96.1 Å². The van der Waals surface area contributed by atoms with Gasteiger partial charge in [-0.2, -0.15) is 0 Å². The first-order valence-corrected chi connectivity index (χ1v) is 10.7. The number of anilines is 1. The molecular formula is C27H22N2O5. The molecule has 0 spiro atoms. The first-order chi connectivity index (χ1) is 16.6. The van der Waals surface area contributed by atoms with Gasteiger partial charge in [0.2, 0.25) is 0 Å². The van der Waals surface area contributed by atoms with E-state index in [1.54, 1.807) is 37.4 Å². The van der Waals surface area contributed by atoms with Crippen LogP contribution in [0.3, 0.4) is 0 Å². The molecule has 2 heterocycles. The number of hydrogen-bond acceptors (Lipinski definition) is 6. The number of imide groups is 1. The van der Waals surface area contributed by atoms with Crippen LogP contribution in [0.25, 0.3) is 16.3 Å². The highest BCUT2D eigenvalue weighted by atomic mass is 16.5. The van der Waals surface area contributed by atoms with E-state index in [1.807, 2.05) is 42.5 Å². The van der Waals surface area contributed by atoms with Crippen LogP contribution in [0.1, 0.15) is 11.3 Å². The maximum Gasteiger partial charge on any atom is 0.278 e. The van der Waals surface area contributed by atoms with Gasteiger partial charge in [-0.15, -0.1) is 0 Å². The van der Waals surface area contributed by atoms with Crippen molar-refractivity contribution in [3.63, 3.8) is 0 Å². The van der Waals surface area contributed by atoms with Gasteiger partial charge >= 0.3 is 0 Å². The summed E-state index contributed by atoms with van der Waals surface area (Å²) in [5.41, 5.74) is 1.72. The normalized spacial score (nSPS) is 13.6. The van der Waals surface area contributed by atoms with Gasteiger partial charge in [-0.3, -0.25) is 14.5 Å². The van der Waals surface area contributed by atoms with Gasteiger partial charge in [0.25, 0.3) is 11.8 Å². The molecule has 0 fully saturated rings. The molecule has 170 valence electrons. The van der Waals surface area contributed by atoms with Gasteiger partial charge in [-0.05, 0) is 41.3 Å². The Hall–Kier alpha value is -4.52. The maximum absolute atomic E-state index is 13.6. The Morgan fingerprint density at radius 2 is 1.65 bits per heavy atom. The molecular weight excluding hydrogens is 432 g/mol. The second-order valence-corrected chi connectivity index (χ2v) is 7.75. The highest BCUT2D eigenvalue weighted by Gasteiger charge is 2.40. The van der Waals surface area contributed by atoms with E-state index in [1.165, 1.54) is 18.3 Å². The average molecular weight is 454 g/mol. The van der Waals surface area contributed by atoms with Crippen molar-refractivity contribution in [2.75, 3.05) is 19.5 Å². The zero-order valence-electron chi connectivity index (χ0n) is 18.7. The SMILES string of the molecule is COc1ccc(C2=C(Nc3cccc4ccccc34)C(=O)N(Cc3ccco3)C2=O)cc1OC. The largest absolute Gasteiger partial charge is 0.493 e. The monoisotopic (exact) mass is 454 g/mol. The number of nitrogens with one attached hydrogen (secondary N) is 1. The third-order valence-corrected chi connectivity index (χ3v) is 5.78. The number of fused-ring (bicyclic) bond motifs is 1. The smallest absolute Gasteiger partial charge is 0.278 e. The summed E-state index contributed by atoms with van der Waals surface area (Å²) < 4.78 is 16.2. The number of nitrogens with zero attached hydrogens (tertiary/aromatic N) is 1. The van der Waals surface area contributed by atoms with E-state index in [-0.39, 0.29) is 17.8 Å². The molecule has 0 radical (unpaired) electrons. The highest BCUT2D eigenvalue weighted by Crippen LogP contribution is 2.37. The minimum atomic E-state index is -0.431. The highest BCUT2D eigenvalue weighted by molar-refractivity contribution is 6.36. The van der Waals surface area contributed by atoms with Gasteiger partial charge in [-0.1, -0.05) is 42.5 Å². The second kappa shape index (κ2) is 8.78. The lowest BCUT2D eigenvalue weighted by molar-refractivity contribution is -0.137. The summed E-state index contributed by atoms with van der Waals surface area (Å²) in [5.74, 6) is 0.650. The minimum Gasteiger partial charge on any atom is -0.493 e. The molecule has 7 nitrogen and oxygen atoms in total. The molecule has 1 N–H and O–H groups in total. The van der Waals surface area contributed by atoms with Gasteiger partial charge in [0.1, 0.15) is 11.5 Å². The zero-order chi connectivity index (χ0) is 23.7. The van der Waals surface area contributed by atoms with Crippen molar-refractivity contribution in [3.8, 4) is 11.5 Å². The first kappa shape index (κ1) is 21.3. The van der Waals surface area contributed by atoms with Crippen molar-refractivity contribution in [2.45, 2.75) is 6.54 Å². The van der Waals surface area contributed by atoms with Gasteiger partial charge in [-0.25, -0.2) is 0 Å². The van der Waals surface area contributed by atoms with E-state index in [2.05, 4.69) is 5.32 Å². The van der Waals surface area contributed by atoms with Crippen LogP contribution >= 0.6 is 0 Å². The molecule has 1 aliphatic heterocycles. The van der Waals surface area contributed by atoms with E-state index in [0.717, 1.165) is 16.5 Å². The summed E-state index contributed by atoms with van der Waals surface area (Å²) >= 11 is 0. The summed E-state index contributed by atoms with van der Waals surface area (Å²) in [5, 5.41) is 5.21. The molecule has 1 aromatic heterocycles. The lowest BCUT2D eigenvalue weighted by Crippen LogP contribution is -2.31. The molecule has 0 unspecified atom stereocenters. The molecule has 0 bridgehead atoms. The predicted octanol–water partition coefficient (Wildman–Crippen LogP) is 4.84. The topological polar surface area (TPSA) is 81.0 Å². The number of benzene rings is 3. The van der Waals surface area contributed by atoms with Crippen LogP contribution < -0.4 is 14.8 Å². The summed E-state index contributed by atoms with van der Waals surface area (Å²) in [6.45, 7) is 0.0299. The molecule has 2 amide bonds. The van der Waals surface area contributed by atoms with Crippen LogP contribution in [0.4, 0.5) is 5.69 Å². The van der Waals surface area contributed by atoms with Gasteiger partial charge < -0.3 is 19.2 Å². The van der Waals surface area contributed by atoms with Crippen LogP contribution in [-0.2, 0) is 16.1 Å². The average Bonchev–Trinajstić information content (AvgIpc) is 3.46. The lowest BCUT2D eigenvalue weighted by Gasteiger charge is -2.14. The van der Waals surface area contributed by atoms with E-state index in [0.29, 0.717) is 22.8 Å². The summed E-state index contributed by atoms with van der Waals surface area (Å²) in [6, 6.07) is 22.2. The van der Waals surface area contributed by atoms with E-state index in [9.17, 15) is 9.59 Å². The maximum atomic E-state index is 13.6. The third-order valence-electron chi connectivity index (χ3n) is 5.78. The molecule has 0 saturated carbocycles. The predicted molar refractivity (Wildman–Crippen MR) is 128 cm³/mol. The Kier molecular flexibility index (Phi) is 5.51. The summed E-state index contributed by atoms with van der Waals surface area (Å²) in [6.07, 6.45) is 1.51. The van der Waals surface area contributed by atoms with Crippen molar-refractivity contribution < 1.29 is 23.5 Å². The Morgan fingerprint density at radius 1 is 0.853 bits per heavy atom. The second-order valence-electron chi connectivity index (χ2n) is 7.75. The van der Waals surface area contributed by atoms with Crippen LogP contribution in [0.2, 0.25) is 0 Å². The molecule has 34 heavy (non-hydrogen) atoms. The Bertz CT molecular complexity index is 1420. The van der Waals surface area contributed by atoms with Crippen LogP contribution in [0.5, 0.6) is 11.5 Å². The minimum absolute atomic E-state index is 0.0299. The molecule has 4 aromatic rings. The van der Waals surface area contributed by atoms with E-state index in [4.69, 9.17) is 13.9 Å². The van der Waals surface area contributed by atoms with Gasteiger partial charge in [0.15, 0.2) is 11.5 Å². The standard InChI is InChI=1S/C27H22N2O5/c1-32-22-13-12-18(15-23(22)33-2)24-25(27(31)29(26(24)30)16-19-9-6-14-34-19)28-21-11-5-8-17-7-3-4-10-20(17)21/h3-15,28H,16H2,1-2H3. The number of amides is 2. The van der Waals surface area contributed by atoms with Crippen molar-refractivity contribution in [2.24, 2.45) is 0 Å². The third kappa shape index (κ3) is 3.67. The molecule has 7 heteroatoms. The fourth-order valence-corrected chi connectivity index (χ4v) is 4.12. The number of rotatable bonds is 7. The Morgan fingerprint density at radius 3 is 2.41 bits per heavy atom. The van der Waals surface area contributed by atoms with Crippen molar-refractivity contribution >= 4 is 33.8 Å². The molecule has 0 aliphatic carbocycles. The summed E-state index contributed by atoms with van der Waals surface area (Å²) in [7, 11) is 3.07. The van der Waals surface area contributed by atoms with Crippen LogP contribution in [-0.4, -0.2) is 30.9 Å². The fourth-order valence-electron chi connectivity index (χ4n) is 4.12. The van der Waals surface area contributed by atoms with E-state index >= 15 is 0 Å². The summed E-state index contributed by atoms with van der Waals surface area (Å²) in [4.78, 5) is 28.3. The Labute approximate surface area is 196 Å². The van der Waals surface area contributed by atoms with Crippen molar-refractivity contribution in [1.82, 2.24) is 4.90 Å². The quantitative estimate of drug-likeness (QED) is 0.403. The van der Waals surface area contributed by atoms with E-state index < -0.39 is 11.8 Å². The number of methoxy groups -OCH3 is 2. The van der Waals surface area contributed by atoms with Gasteiger partial charge in [0.05, 0.1) is 32.6 Å². The lowest BCUT2D eigenvalue weighted by atomic mass is 10.0. The number of ether oxygens (including phenoxy) is 2. The van der Waals surface area contributed by atoms with Crippen LogP contribution in [0, 0.1) is 0 Å². The molecule has 0 atom stereocenters. The number of carbonyl (C=O) groups excluding carboxylic acids is 2. The molecule has 1 aliphatic rings. The van der Waals surface area contributed by atoms with Crippen molar-refractivity contribution in [1.29, 1.82) is 0 Å². The first-order valence-electron chi connectivity index (χ1n) is 10.7. The molecule has 5 rings (SSSR count). The molecule has 0 saturated heterocycles. The Balaban J connectivity index is 1.63. The fraction of sp³-hybridized carbons (Fsp3) is 0.111. The molecule has 3 aromatic carbocycles. The number of hydrogen-bond donors (Lipinski definition) is 1.